The minimum Gasteiger partial charge on any atom is -0.379 e. The Kier molecular flexibility index (Phi) is 2.73. The zero-order valence-electron chi connectivity index (χ0n) is 9.27. The Bertz CT molecular complexity index is 391. The van der Waals surface area contributed by atoms with Crippen LogP contribution in [0.15, 0.2) is 11.1 Å². The molecule has 1 aromatic rings. The van der Waals surface area contributed by atoms with Gasteiger partial charge in [0.1, 0.15) is 16.7 Å². The highest BCUT2D eigenvalue weighted by Crippen LogP contribution is 2.39. The molecule has 0 amide bonds. The van der Waals surface area contributed by atoms with Gasteiger partial charge in [-0.15, -0.1) is 0 Å². The van der Waals surface area contributed by atoms with Crippen molar-refractivity contribution in [2.75, 3.05) is 25.6 Å². The van der Waals surface area contributed by atoms with Gasteiger partial charge in [-0.1, -0.05) is 11.8 Å². The monoisotopic (exact) mass is 237 g/mol. The summed E-state index contributed by atoms with van der Waals surface area (Å²) in [6.07, 6.45) is 2.48. The van der Waals surface area contributed by atoms with Gasteiger partial charge in [0.05, 0.1) is 18.5 Å². The van der Waals surface area contributed by atoms with Crippen LogP contribution >= 0.6 is 11.8 Å². The number of hydrogen-bond donors (Lipinski definition) is 1. The molecule has 2 heterocycles. The third-order valence-electron chi connectivity index (χ3n) is 2.81. The molecular weight excluding hydrogens is 222 g/mol. The summed E-state index contributed by atoms with van der Waals surface area (Å²) in [5.41, 5.74) is 0. The average Bonchev–Trinajstić information content (AvgIpc) is 3.07. The second-order valence-electron chi connectivity index (χ2n) is 4.25. The van der Waals surface area contributed by atoms with Crippen molar-refractivity contribution in [3.05, 3.63) is 11.9 Å². The molecule has 1 aliphatic carbocycles. The summed E-state index contributed by atoms with van der Waals surface area (Å²) >= 11 is 1.80. The Morgan fingerprint density at radius 3 is 2.75 bits per heavy atom. The molecule has 3 rings (SSSR count). The maximum Gasteiger partial charge on any atom is 0.135 e. The average molecular weight is 237 g/mol. The van der Waals surface area contributed by atoms with E-state index < -0.39 is 0 Å². The lowest BCUT2D eigenvalue weighted by Crippen LogP contribution is -2.30. The van der Waals surface area contributed by atoms with Crippen molar-refractivity contribution in [3.8, 4) is 0 Å². The van der Waals surface area contributed by atoms with Gasteiger partial charge in [0.2, 0.25) is 0 Å². The first-order valence-corrected chi connectivity index (χ1v) is 6.54. The molecule has 5 heteroatoms. The summed E-state index contributed by atoms with van der Waals surface area (Å²) in [5, 5.41) is 4.76. The van der Waals surface area contributed by atoms with E-state index in [9.17, 15) is 0 Å². The maximum absolute atomic E-state index is 5.17. The van der Waals surface area contributed by atoms with Gasteiger partial charge in [-0.25, -0.2) is 9.97 Å². The highest BCUT2D eigenvalue weighted by atomic mass is 32.2. The zero-order valence-corrected chi connectivity index (χ0v) is 10.1. The Hall–Kier alpha value is -0.810. The second kappa shape index (κ2) is 4.22. The topological polar surface area (TPSA) is 47.0 Å². The minimum atomic E-state index is 0.576. The lowest BCUT2D eigenvalue weighted by atomic mass is 10.4. The summed E-state index contributed by atoms with van der Waals surface area (Å²) in [4.78, 5) is 9.12. The molecule has 0 spiro atoms. The zero-order chi connectivity index (χ0) is 11.0. The van der Waals surface area contributed by atoms with E-state index in [-0.39, 0.29) is 0 Å². The summed E-state index contributed by atoms with van der Waals surface area (Å²) < 4.78 is 5.17. The van der Waals surface area contributed by atoms with E-state index in [1.807, 2.05) is 13.1 Å². The van der Waals surface area contributed by atoms with E-state index in [1.54, 1.807) is 11.8 Å². The number of hydrogen-bond acceptors (Lipinski definition) is 5. The Morgan fingerprint density at radius 1 is 1.38 bits per heavy atom. The van der Waals surface area contributed by atoms with Crippen LogP contribution in [-0.2, 0) is 4.74 Å². The van der Waals surface area contributed by atoms with Gasteiger partial charge in [0.25, 0.3) is 0 Å². The van der Waals surface area contributed by atoms with Gasteiger partial charge < -0.3 is 10.1 Å². The number of nitrogens with zero attached hydrogens (tertiary/aromatic N) is 2. The van der Waals surface area contributed by atoms with Crippen molar-refractivity contribution in [2.45, 2.75) is 29.0 Å². The van der Waals surface area contributed by atoms with Crippen molar-refractivity contribution in [1.29, 1.82) is 0 Å². The van der Waals surface area contributed by atoms with Crippen LogP contribution in [0, 0.1) is 0 Å². The van der Waals surface area contributed by atoms with E-state index in [0.29, 0.717) is 11.2 Å². The third-order valence-corrected chi connectivity index (χ3v) is 3.87. The predicted octanol–water partition coefficient (Wildman–Crippen LogP) is 1.89. The number of aromatic nitrogens is 2. The van der Waals surface area contributed by atoms with Crippen LogP contribution in [0.2, 0.25) is 0 Å². The van der Waals surface area contributed by atoms with Crippen LogP contribution in [-0.4, -0.2) is 35.5 Å². The fourth-order valence-electron chi connectivity index (χ4n) is 1.61. The fourth-order valence-corrected chi connectivity index (χ4v) is 2.60. The van der Waals surface area contributed by atoms with Crippen molar-refractivity contribution < 1.29 is 4.74 Å². The molecule has 4 nitrogen and oxygen atoms in total. The molecule has 0 radical (unpaired) electrons. The number of anilines is 1. The van der Waals surface area contributed by atoms with E-state index in [4.69, 9.17) is 4.74 Å². The van der Waals surface area contributed by atoms with E-state index >= 15 is 0 Å². The van der Waals surface area contributed by atoms with Crippen LogP contribution in [0.1, 0.15) is 24.6 Å². The highest BCUT2D eigenvalue weighted by Gasteiger charge is 2.28. The first kappa shape index (κ1) is 10.4. The fraction of sp³-hybridized carbons (Fsp3) is 0.636. The van der Waals surface area contributed by atoms with Crippen LogP contribution in [0.25, 0.3) is 0 Å². The number of nitrogens with one attached hydrogen (secondary N) is 1. The summed E-state index contributed by atoms with van der Waals surface area (Å²) in [5.74, 6) is 2.54. The normalized spacial score (nSPS) is 20.6. The molecule has 1 aliphatic heterocycles. The van der Waals surface area contributed by atoms with Gasteiger partial charge in [-0.3, -0.25) is 0 Å². The Morgan fingerprint density at radius 2 is 2.19 bits per heavy atom. The van der Waals surface area contributed by atoms with E-state index in [1.165, 1.54) is 12.8 Å². The highest BCUT2D eigenvalue weighted by molar-refractivity contribution is 8.00. The molecule has 16 heavy (non-hydrogen) atoms. The quantitative estimate of drug-likeness (QED) is 0.810. The molecule has 0 bridgehead atoms. The molecule has 2 fully saturated rings. The largest absolute Gasteiger partial charge is 0.379 e. The van der Waals surface area contributed by atoms with Crippen molar-refractivity contribution >= 4 is 17.6 Å². The minimum absolute atomic E-state index is 0.576. The Balaban J connectivity index is 1.81. The third kappa shape index (κ3) is 2.15. The number of rotatable bonds is 4. The molecule has 1 saturated heterocycles. The maximum atomic E-state index is 5.17. The van der Waals surface area contributed by atoms with Gasteiger partial charge in [-0.2, -0.15) is 0 Å². The van der Waals surface area contributed by atoms with Gasteiger partial charge in [0, 0.05) is 19.0 Å². The number of thioether (sulfide) groups is 1. The SMILES string of the molecule is CNc1cc(SC2COC2)nc(C2CC2)n1. The number of ether oxygens (including phenoxy) is 1. The van der Waals surface area contributed by atoms with Crippen molar-refractivity contribution in [3.63, 3.8) is 0 Å². The van der Waals surface area contributed by atoms with Gasteiger partial charge >= 0.3 is 0 Å². The molecule has 0 aromatic carbocycles. The van der Waals surface area contributed by atoms with Crippen LogP contribution in [0.4, 0.5) is 5.82 Å². The van der Waals surface area contributed by atoms with Crippen LogP contribution in [0.3, 0.4) is 0 Å². The van der Waals surface area contributed by atoms with Gasteiger partial charge in [0.15, 0.2) is 0 Å². The molecule has 1 N–H and O–H groups in total. The molecule has 1 saturated carbocycles. The Labute approximate surface area is 99.2 Å². The lowest BCUT2D eigenvalue weighted by molar-refractivity contribution is 0.0454. The summed E-state index contributed by atoms with van der Waals surface area (Å²) in [6, 6.07) is 2.02. The second-order valence-corrected chi connectivity index (χ2v) is 5.57. The molecule has 0 unspecified atom stereocenters. The summed E-state index contributed by atoms with van der Waals surface area (Å²) in [6.45, 7) is 1.70. The molecule has 1 aromatic heterocycles. The standard InChI is InChI=1S/C11H15N3OS/c1-12-9-4-10(16-8-5-15-6-8)14-11(13-9)7-2-3-7/h4,7-8H,2-3,5-6H2,1H3,(H,12,13,14). The van der Waals surface area contributed by atoms with Crippen LogP contribution in [0.5, 0.6) is 0 Å². The lowest BCUT2D eigenvalue weighted by Gasteiger charge is -2.24. The van der Waals surface area contributed by atoms with E-state index in [2.05, 4.69) is 15.3 Å². The first-order valence-electron chi connectivity index (χ1n) is 5.66. The van der Waals surface area contributed by atoms with Gasteiger partial charge in [-0.05, 0) is 12.8 Å². The predicted molar refractivity (Wildman–Crippen MR) is 64.0 cm³/mol. The molecular formula is C11H15N3OS. The molecule has 2 aliphatic rings. The first-order chi connectivity index (χ1) is 7.85. The van der Waals surface area contributed by atoms with E-state index in [0.717, 1.165) is 29.9 Å². The van der Waals surface area contributed by atoms with Crippen LogP contribution < -0.4 is 5.32 Å². The molecule has 86 valence electrons. The summed E-state index contributed by atoms with van der Waals surface area (Å²) in [7, 11) is 1.90. The van der Waals surface area contributed by atoms with Crippen molar-refractivity contribution in [1.82, 2.24) is 9.97 Å². The molecule has 0 atom stereocenters. The smallest absolute Gasteiger partial charge is 0.135 e. The van der Waals surface area contributed by atoms with Crippen molar-refractivity contribution in [2.24, 2.45) is 0 Å².